The summed E-state index contributed by atoms with van der Waals surface area (Å²) in [5.41, 5.74) is 2.72. The van der Waals surface area contributed by atoms with Gasteiger partial charge < -0.3 is 19.9 Å². The average molecular weight is 469 g/mol. The molecule has 10 heteroatoms. The molecule has 2 heterocycles. The number of methoxy groups -OCH3 is 1. The van der Waals surface area contributed by atoms with E-state index in [4.69, 9.17) is 9.26 Å². The third kappa shape index (κ3) is 5.01. The third-order valence-electron chi connectivity index (χ3n) is 4.92. The number of fused-ring (bicyclic) bond motifs is 1. The summed E-state index contributed by atoms with van der Waals surface area (Å²) in [5, 5.41) is 10.4. The van der Waals surface area contributed by atoms with Crippen LogP contribution in [-0.4, -0.2) is 35.2 Å². The standard InChI is InChI=1S/C23H21FN4O4S/c1-12(2)20(22(30)31-3)27-21(29)18-11-17(28-32-18)13-4-7-15(8-5-13)25-23-26-16-9-6-14(24)10-19(16)33-23/h4-12,20H,1-3H3,(H,25,26)(H,27,29)/t20-/m1/s1. The monoisotopic (exact) mass is 468 g/mol. The summed E-state index contributed by atoms with van der Waals surface area (Å²) >= 11 is 1.36. The van der Waals surface area contributed by atoms with E-state index in [1.54, 1.807) is 19.9 Å². The molecule has 4 aromatic rings. The smallest absolute Gasteiger partial charge is 0.328 e. The van der Waals surface area contributed by atoms with Crippen molar-refractivity contribution in [1.29, 1.82) is 0 Å². The minimum absolute atomic E-state index is 0.0107. The van der Waals surface area contributed by atoms with E-state index in [0.717, 1.165) is 21.5 Å². The molecule has 0 aliphatic rings. The van der Waals surface area contributed by atoms with Gasteiger partial charge in [0.2, 0.25) is 5.76 Å². The Labute approximate surface area is 192 Å². The van der Waals surface area contributed by atoms with Crippen LogP contribution in [-0.2, 0) is 9.53 Å². The molecule has 0 unspecified atom stereocenters. The zero-order valence-electron chi connectivity index (χ0n) is 18.1. The predicted octanol–water partition coefficient (Wildman–Crippen LogP) is 4.76. The number of hydrogen-bond acceptors (Lipinski definition) is 8. The topological polar surface area (TPSA) is 106 Å². The van der Waals surface area contributed by atoms with Gasteiger partial charge in [-0.15, -0.1) is 0 Å². The maximum atomic E-state index is 13.4. The Morgan fingerprint density at radius 2 is 1.88 bits per heavy atom. The molecule has 4 rings (SSSR count). The molecule has 170 valence electrons. The van der Waals surface area contributed by atoms with Crippen molar-refractivity contribution in [2.24, 2.45) is 5.92 Å². The van der Waals surface area contributed by atoms with E-state index in [2.05, 4.69) is 20.8 Å². The number of hydrogen-bond donors (Lipinski definition) is 2. The van der Waals surface area contributed by atoms with Crippen molar-refractivity contribution in [3.05, 3.63) is 60.1 Å². The molecule has 0 radical (unpaired) electrons. The summed E-state index contributed by atoms with van der Waals surface area (Å²) in [4.78, 5) is 28.8. The molecule has 0 saturated heterocycles. The Bertz CT molecular complexity index is 1300. The van der Waals surface area contributed by atoms with Crippen molar-refractivity contribution in [1.82, 2.24) is 15.5 Å². The van der Waals surface area contributed by atoms with E-state index in [1.165, 1.54) is 36.6 Å². The molecule has 2 aromatic carbocycles. The molecule has 0 aliphatic heterocycles. The normalized spacial score (nSPS) is 12.0. The van der Waals surface area contributed by atoms with E-state index >= 15 is 0 Å². The van der Waals surface area contributed by atoms with Crippen LogP contribution >= 0.6 is 11.3 Å². The highest BCUT2D eigenvalue weighted by Crippen LogP contribution is 2.29. The van der Waals surface area contributed by atoms with E-state index in [-0.39, 0.29) is 17.5 Å². The number of aromatic nitrogens is 2. The molecule has 0 aliphatic carbocycles. The molecule has 2 N–H and O–H groups in total. The van der Waals surface area contributed by atoms with Crippen LogP contribution < -0.4 is 10.6 Å². The van der Waals surface area contributed by atoms with Crippen LogP contribution in [0.25, 0.3) is 21.5 Å². The Morgan fingerprint density at radius 1 is 1.12 bits per heavy atom. The first-order chi connectivity index (χ1) is 15.8. The van der Waals surface area contributed by atoms with Crippen molar-refractivity contribution < 1.29 is 23.2 Å². The number of carbonyl (C=O) groups is 2. The van der Waals surface area contributed by atoms with Crippen molar-refractivity contribution in [2.75, 3.05) is 12.4 Å². The van der Waals surface area contributed by atoms with E-state index < -0.39 is 17.9 Å². The molecule has 2 aromatic heterocycles. The minimum Gasteiger partial charge on any atom is -0.467 e. The number of thiazole rings is 1. The fourth-order valence-corrected chi connectivity index (χ4v) is 4.07. The van der Waals surface area contributed by atoms with Gasteiger partial charge in [0, 0.05) is 17.3 Å². The summed E-state index contributed by atoms with van der Waals surface area (Å²) < 4.78 is 24.0. The summed E-state index contributed by atoms with van der Waals surface area (Å²) in [6, 6.07) is 12.5. The van der Waals surface area contributed by atoms with E-state index in [0.29, 0.717) is 10.8 Å². The highest BCUT2D eigenvalue weighted by atomic mass is 32.1. The predicted molar refractivity (Wildman–Crippen MR) is 123 cm³/mol. The zero-order chi connectivity index (χ0) is 23.5. The first kappa shape index (κ1) is 22.4. The van der Waals surface area contributed by atoms with E-state index in [1.807, 2.05) is 24.3 Å². The van der Waals surface area contributed by atoms with Gasteiger partial charge in [0.25, 0.3) is 5.91 Å². The third-order valence-corrected chi connectivity index (χ3v) is 5.86. The molecule has 8 nitrogen and oxygen atoms in total. The fraction of sp³-hybridized carbons (Fsp3) is 0.217. The maximum Gasteiger partial charge on any atom is 0.328 e. The molecule has 1 atom stereocenters. The van der Waals surface area contributed by atoms with Crippen molar-refractivity contribution in [2.45, 2.75) is 19.9 Å². The lowest BCUT2D eigenvalue weighted by atomic mass is 10.0. The van der Waals surface area contributed by atoms with Crippen LogP contribution in [0, 0.1) is 11.7 Å². The lowest BCUT2D eigenvalue weighted by Gasteiger charge is -2.18. The first-order valence-corrected chi connectivity index (χ1v) is 10.9. The minimum atomic E-state index is -0.791. The Kier molecular flexibility index (Phi) is 6.36. The average Bonchev–Trinajstić information content (AvgIpc) is 3.44. The van der Waals surface area contributed by atoms with Crippen molar-refractivity contribution in [3.8, 4) is 11.3 Å². The van der Waals surface area contributed by atoms with Crippen LogP contribution in [0.2, 0.25) is 0 Å². The second-order valence-electron chi connectivity index (χ2n) is 7.63. The molecular weight excluding hydrogens is 447 g/mol. The van der Waals surface area contributed by atoms with Gasteiger partial charge in [0.05, 0.1) is 17.3 Å². The van der Waals surface area contributed by atoms with Crippen LogP contribution in [0.4, 0.5) is 15.2 Å². The van der Waals surface area contributed by atoms with Gasteiger partial charge in [-0.1, -0.05) is 42.5 Å². The van der Waals surface area contributed by atoms with E-state index in [9.17, 15) is 14.0 Å². The van der Waals surface area contributed by atoms with Gasteiger partial charge >= 0.3 is 5.97 Å². The Hall–Kier alpha value is -3.79. The number of nitrogens with zero attached hydrogens (tertiary/aromatic N) is 2. The summed E-state index contributed by atoms with van der Waals surface area (Å²) in [6.07, 6.45) is 0. The summed E-state index contributed by atoms with van der Waals surface area (Å²) in [6.45, 7) is 3.60. The van der Waals surface area contributed by atoms with Crippen LogP contribution in [0.5, 0.6) is 0 Å². The number of esters is 1. The first-order valence-electron chi connectivity index (χ1n) is 10.1. The number of benzene rings is 2. The molecular formula is C23H21FN4O4S. The second kappa shape index (κ2) is 9.37. The van der Waals surface area contributed by atoms with Gasteiger partial charge in [-0.3, -0.25) is 4.79 Å². The van der Waals surface area contributed by atoms with Gasteiger partial charge in [0.1, 0.15) is 17.6 Å². The Morgan fingerprint density at radius 3 is 2.58 bits per heavy atom. The largest absolute Gasteiger partial charge is 0.467 e. The number of rotatable bonds is 7. The lowest BCUT2D eigenvalue weighted by molar-refractivity contribution is -0.144. The maximum absolute atomic E-state index is 13.4. The molecule has 0 spiro atoms. The summed E-state index contributed by atoms with van der Waals surface area (Å²) in [5.74, 6) is -1.54. The molecule has 33 heavy (non-hydrogen) atoms. The number of halogens is 1. The fourth-order valence-electron chi connectivity index (χ4n) is 3.16. The van der Waals surface area contributed by atoms with Crippen LogP contribution in [0.15, 0.2) is 53.1 Å². The molecule has 1 amide bonds. The SMILES string of the molecule is COC(=O)[C@H](NC(=O)c1cc(-c2ccc(Nc3nc4ccc(F)cc4s3)cc2)no1)C(C)C. The lowest BCUT2D eigenvalue weighted by Crippen LogP contribution is -2.44. The summed E-state index contributed by atoms with van der Waals surface area (Å²) in [7, 11) is 1.27. The molecule has 0 fully saturated rings. The van der Waals surface area contributed by atoms with Crippen molar-refractivity contribution >= 4 is 44.2 Å². The quantitative estimate of drug-likeness (QED) is 0.377. The highest BCUT2D eigenvalue weighted by Gasteiger charge is 2.27. The van der Waals surface area contributed by atoms with Gasteiger partial charge in [-0.05, 0) is 36.2 Å². The van der Waals surface area contributed by atoms with Gasteiger partial charge in [0.15, 0.2) is 5.13 Å². The van der Waals surface area contributed by atoms with Crippen LogP contribution in [0.3, 0.4) is 0 Å². The Balaban J connectivity index is 1.45. The van der Waals surface area contributed by atoms with Gasteiger partial charge in [-0.25, -0.2) is 14.2 Å². The number of nitrogens with one attached hydrogen (secondary N) is 2. The number of ether oxygens (including phenoxy) is 1. The number of carbonyl (C=O) groups excluding carboxylic acids is 2. The molecule has 0 saturated carbocycles. The van der Waals surface area contributed by atoms with Gasteiger partial charge in [-0.2, -0.15) is 0 Å². The number of amides is 1. The van der Waals surface area contributed by atoms with Crippen LogP contribution in [0.1, 0.15) is 24.4 Å². The number of anilines is 2. The second-order valence-corrected chi connectivity index (χ2v) is 8.66. The highest BCUT2D eigenvalue weighted by molar-refractivity contribution is 7.22. The molecule has 0 bridgehead atoms. The zero-order valence-corrected chi connectivity index (χ0v) is 18.9. The van der Waals surface area contributed by atoms with Crippen molar-refractivity contribution in [3.63, 3.8) is 0 Å².